The molecule has 0 radical (unpaired) electrons. The third kappa shape index (κ3) is 2.81. The third-order valence-corrected chi connectivity index (χ3v) is 3.52. The SMILES string of the molecule is CC(C)c1cccc(-c2ccc(O)cc2)c1C(C)C. The van der Waals surface area contributed by atoms with Gasteiger partial charge in [0, 0.05) is 0 Å². The first-order valence-electron chi connectivity index (χ1n) is 6.93. The first-order chi connectivity index (χ1) is 9.00. The average molecular weight is 254 g/mol. The van der Waals surface area contributed by atoms with Crippen LogP contribution in [0, 0.1) is 0 Å². The van der Waals surface area contributed by atoms with E-state index in [4.69, 9.17) is 0 Å². The van der Waals surface area contributed by atoms with Gasteiger partial charge >= 0.3 is 0 Å². The molecule has 0 unspecified atom stereocenters. The van der Waals surface area contributed by atoms with E-state index in [2.05, 4.69) is 45.9 Å². The van der Waals surface area contributed by atoms with Crippen molar-refractivity contribution in [2.45, 2.75) is 39.5 Å². The van der Waals surface area contributed by atoms with Crippen LogP contribution >= 0.6 is 0 Å². The van der Waals surface area contributed by atoms with Crippen molar-refractivity contribution in [2.24, 2.45) is 0 Å². The zero-order valence-electron chi connectivity index (χ0n) is 12.1. The van der Waals surface area contributed by atoms with E-state index < -0.39 is 0 Å². The molecule has 0 spiro atoms. The molecule has 1 heteroatoms. The predicted octanol–water partition coefficient (Wildman–Crippen LogP) is 5.31. The van der Waals surface area contributed by atoms with E-state index in [1.165, 1.54) is 22.3 Å². The zero-order valence-corrected chi connectivity index (χ0v) is 12.1. The number of phenols is 1. The molecule has 0 aliphatic heterocycles. The van der Waals surface area contributed by atoms with Gasteiger partial charge in [0.1, 0.15) is 5.75 Å². The number of phenolic OH excluding ortho intramolecular Hbond substituents is 1. The maximum Gasteiger partial charge on any atom is 0.115 e. The summed E-state index contributed by atoms with van der Waals surface area (Å²) in [6.45, 7) is 8.96. The highest BCUT2D eigenvalue weighted by Crippen LogP contribution is 2.35. The quantitative estimate of drug-likeness (QED) is 0.787. The van der Waals surface area contributed by atoms with E-state index in [1.54, 1.807) is 12.1 Å². The summed E-state index contributed by atoms with van der Waals surface area (Å²) >= 11 is 0. The van der Waals surface area contributed by atoms with Gasteiger partial charge in [0.15, 0.2) is 0 Å². The summed E-state index contributed by atoms with van der Waals surface area (Å²) in [6.07, 6.45) is 0. The van der Waals surface area contributed by atoms with Crippen molar-refractivity contribution in [3.63, 3.8) is 0 Å². The summed E-state index contributed by atoms with van der Waals surface area (Å²) in [4.78, 5) is 0. The van der Waals surface area contributed by atoms with Gasteiger partial charge in [-0.25, -0.2) is 0 Å². The Morgan fingerprint density at radius 1 is 0.789 bits per heavy atom. The molecule has 2 aromatic carbocycles. The molecule has 0 aliphatic carbocycles. The molecule has 0 heterocycles. The van der Waals surface area contributed by atoms with Crippen LogP contribution in [-0.4, -0.2) is 5.11 Å². The molecular weight excluding hydrogens is 232 g/mol. The lowest BCUT2D eigenvalue weighted by molar-refractivity contribution is 0.475. The minimum Gasteiger partial charge on any atom is -0.508 e. The summed E-state index contributed by atoms with van der Waals surface area (Å²) < 4.78 is 0. The molecule has 100 valence electrons. The van der Waals surface area contributed by atoms with Crippen molar-refractivity contribution in [3.05, 3.63) is 53.6 Å². The fraction of sp³-hybridized carbons (Fsp3) is 0.333. The van der Waals surface area contributed by atoms with Gasteiger partial charge in [0.25, 0.3) is 0 Å². The molecule has 1 nitrogen and oxygen atoms in total. The van der Waals surface area contributed by atoms with Gasteiger partial charge in [-0.2, -0.15) is 0 Å². The molecule has 2 aromatic rings. The molecule has 0 aliphatic rings. The Kier molecular flexibility index (Phi) is 3.94. The Balaban J connectivity index is 2.62. The average Bonchev–Trinajstić information content (AvgIpc) is 2.38. The molecule has 0 bridgehead atoms. The van der Waals surface area contributed by atoms with Crippen LogP contribution in [0.25, 0.3) is 11.1 Å². The van der Waals surface area contributed by atoms with Crippen LogP contribution in [0.2, 0.25) is 0 Å². The monoisotopic (exact) mass is 254 g/mol. The first kappa shape index (κ1) is 13.7. The van der Waals surface area contributed by atoms with Crippen molar-refractivity contribution in [1.82, 2.24) is 0 Å². The molecule has 2 rings (SSSR count). The van der Waals surface area contributed by atoms with E-state index in [9.17, 15) is 5.11 Å². The zero-order chi connectivity index (χ0) is 14.0. The Bertz CT molecular complexity index is 550. The van der Waals surface area contributed by atoms with Gasteiger partial charge < -0.3 is 5.11 Å². The van der Waals surface area contributed by atoms with Crippen molar-refractivity contribution in [2.75, 3.05) is 0 Å². The molecule has 0 atom stereocenters. The number of hydrogen-bond donors (Lipinski definition) is 1. The van der Waals surface area contributed by atoms with Crippen molar-refractivity contribution in [1.29, 1.82) is 0 Å². The summed E-state index contributed by atoms with van der Waals surface area (Å²) in [7, 11) is 0. The van der Waals surface area contributed by atoms with Gasteiger partial charge in [0.05, 0.1) is 0 Å². The number of benzene rings is 2. The van der Waals surface area contributed by atoms with Crippen LogP contribution in [-0.2, 0) is 0 Å². The Hall–Kier alpha value is -1.76. The number of aromatic hydroxyl groups is 1. The predicted molar refractivity (Wildman–Crippen MR) is 81.7 cm³/mol. The minimum atomic E-state index is 0.315. The highest BCUT2D eigenvalue weighted by atomic mass is 16.3. The highest BCUT2D eigenvalue weighted by molar-refractivity contribution is 5.70. The largest absolute Gasteiger partial charge is 0.508 e. The lowest BCUT2D eigenvalue weighted by Gasteiger charge is -2.20. The number of rotatable bonds is 3. The fourth-order valence-electron chi connectivity index (χ4n) is 2.62. The molecule has 0 fully saturated rings. The Morgan fingerprint density at radius 3 is 1.95 bits per heavy atom. The van der Waals surface area contributed by atoms with E-state index >= 15 is 0 Å². The number of hydrogen-bond acceptors (Lipinski definition) is 1. The van der Waals surface area contributed by atoms with Crippen LogP contribution in [0.4, 0.5) is 0 Å². The lowest BCUT2D eigenvalue weighted by atomic mass is 9.84. The van der Waals surface area contributed by atoms with Gasteiger partial charge in [-0.1, -0.05) is 58.0 Å². The smallest absolute Gasteiger partial charge is 0.115 e. The topological polar surface area (TPSA) is 20.2 Å². The second-order valence-corrected chi connectivity index (χ2v) is 5.66. The second-order valence-electron chi connectivity index (χ2n) is 5.66. The van der Waals surface area contributed by atoms with E-state index in [1.807, 2.05) is 12.1 Å². The van der Waals surface area contributed by atoms with Crippen LogP contribution < -0.4 is 0 Å². The minimum absolute atomic E-state index is 0.315. The van der Waals surface area contributed by atoms with Crippen LogP contribution in [0.1, 0.15) is 50.7 Å². The van der Waals surface area contributed by atoms with E-state index in [0.717, 1.165) is 0 Å². The van der Waals surface area contributed by atoms with E-state index in [0.29, 0.717) is 17.6 Å². The maximum atomic E-state index is 9.42. The van der Waals surface area contributed by atoms with Gasteiger partial charge in [-0.05, 0) is 46.2 Å². The third-order valence-electron chi connectivity index (χ3n) is 3.52. The van der Waals surface area contributed by atoms with Crippen molar-refractivity contribution >= 4 is 0 Å². The molecule has 0 aromatic heterocycles. The Morgan fingerprint density at radius 2 is 1.42 bits per heavy atom. The Labute approximate surface area is 115 Å². The van der Waals surface area contributed by atoms with Gasteiger partial charge in [0.2, 0.25) is 0 Å². The van der Waals surface area contributed by atoms with Gasteiger partial charge in [-0.3, -0.25) is 0 Å². The van der Waals surface area contributed by atoms with Crippen LogP contribution in [0.3, 0.4) is 0 Å². The summed E-state index contributed by atoms with van der Waals surface area (Å²) in [5.74, 6) is 1.33. The summed E-state index contributed by atoms with van der Waals surface area (Å²) in [5.41, 5.74) is 5.29. The van der Waals surface area contributed by atoms with Crippen LogP contribution in [0.5, 0.6) is 5.75 Å². The van der Waals surface area contributed by atoms with Gasteiger partial charge in [-0.15, -0.1) is 0 Å². The molecule has 0 saturated carbocycles. The molecule has 19 heavy (non-hydrogen) atoms. The highest BCUT2D eigenvalue weighted by Gasteiger charge is 2.15. The molecule has 1 N–H and O–H groups in total. The first-order valence-corrected chi connectivity index (χ1v) is 6.93. The summed E-state index contributed by atoms with van der Waals surface area (Å²) in [6, 6.07) is 14.0. The van der Waals surface area contributed by atoms with Crippen LogP contribution in [0.15, 0.2) is 42.5 Å². The lowest BCUT2D eigenvalue weighted by Crippen LogP contribution is -2.01. The molecular formula is C18H22O. The maximum absolute atomic E-state index is 9.42. The molecule has 0 amide bonds. The van der Waals surface area contributed by atoms with Crippen molar-refractivity contribution < 1.29 is 5.11 Å². The summed E-state index contributed by atoms with van der Waals surface area (Å²) in [5, 5.41) is 9.42. The van der Waals surface area contributed by atoms with E-state index in [-0.39, 0.29) is 0 Å². The van der Waals surface area contributed by atoms with Crippen molar-refractivity contribution in [3.8, 4) is 16.9 Å². The fourth-order valence-corrected chi connectivity index (χ4v) is 2.62. The standard InChI is InChI=1S/C18H22O/c1-12(2)16-6-5-7-17(18(16)13(3)4)14-8-10-15(19)11-9-14/h5-13,19H,1-4H3. The normalized spacial score (nSPS) is 11.3. The molecule has 0 saturated heterocycles. The second kappa shape index (κ2) is 5.48.